The molecule has 11 nitrogen and oxygen atoms in total. The molecule has 9 N–H and O–H groups in total. The molecule has 4 amide bonds. The van der Waals surface area contributed by atoms with Gasteiger partial charge in [-0.25, -0.2) is 0 Å². The second kappa shape index (κ2) is 14.0. The number of carbonyl (C=O) groups excluding carboxylic acids is 4. The van der Waals surface area contributed by atoms with Gasteiger partial charge in [0.1, 0.15) is 23.9 Å². The number of rotatable bonds is 14. The fraction of sp³-hybridized carbons (Fsp3) is 0.357. The number of hydrogen-bond donors (Lipinski definition) is 7. The summed E-state index contributed by atoms with van der Waals surface area (Å²) in [5, 5.41) is 18.5. The number of aromatic amines is 1. The summed E-state index contributed by atoms with van der Waals surface area (Å²) < 4.78 is 0. The molecule has 3 aromatic rings. The minimum Gasteiger partial charge on any atom is -0.508 e. The van der Waals surface area contributed by atoms with Crippen molar-refractivity contribution in [3.05, 3.63) is 65.9 Å². The lowest BCUT2D eigenvalue weighted by molar-refractivity contribution is -0.133. The molecule has 1 aromatic heterocycles. The number of nitrogens with one attached hydrogen (secondary N) is 4. The number of primary amides is 1. The average Bonchev–Trinajstić information content (AvgIpc) is 3.31. The number of hydrogen-bond acceptors (Lipinski definition) is 6. The maximum atomic E-state index is 13.4. The van der Waals surface area contributed by atoms with E-state index in [0.717, 1.165) is 16.5 Å². The number of fused-ring (bicyclic) bond motifs is 1. The molecule has 0 saturated carbocycles. The molecule has 3 atom stereocenters. The van der Waals surface area contributed by atoms with Crippen LogP contribution in [0.2, 0.25) is 0 Å². The lowest BCUT2D eigenvalue weighted by Gasteiger charge is -2.25. The van der Waals surface area contributed by atoms with Crippen molar-refractivity contribution >= 4 is 34.5 Å². The van der Waals surface area contributed by atoms with E-state index in [-0.39, 0.29) is 30.9 Å². The predicted octanol–water partition coefficient (Wildman–Crippen LogP) is 0.747. The maximum absolute atomic E-state index is 13.4. The van der Waals surface area contributed by atoms with E-state index in [2.05, 4.69) is 20.9 Å². The molecule has 0 aliphatic heterocycles. The van der Waals surface area contributed by atoms with Crippen molar-refractivity contribution in [2.75, 3.05) is 6.54 Å². The van der Waals surface area contributed by atoms with Gasteiger partial charge in [-0.2, -0.15) is 0 Å². The van der Waals surface area contributed by atoms with Crippen molar-refractivity contribution in [3.8, 4) is 5.75 Å². The first kappa shape index (κ1) is 29.2. The van der Waals surface area contributed by atoms with Crippen LogP contribution >= 0.6 is 0 Å². The number of para-hydroxylation sites is 1. The van der Waals surface area contributed by atoms with E-state index in [4.69, 9.17) is 11.5 Å². The van der Waals surface area contributed by atoms with E-state index in [1.807, 2.05) is 24.3 Å². The summed E-state index contributed by atoms with van der Waals surface area (Å²) in [7, 11) is 0. The second-order valence-corrected chi connectivity index (χ2v) is 9.50. The molecule has 0 spiro atoms. The SMILES string of the molecule is CC(=O)N[C@@H](Cc1c[nH]c2ccccc12)C(=O)N[C@@H](CCCCN)C(=O)N[C@@H](Cc1ccc(O)cc1)C(N)=O. The Hall–Kier alpha value is -4.38. The predicted molar refractivity (Wildman–Crippen MR) is 147 cm³/mol. The number of phenolic OH excluding ortho intramolecular Hbond substituents is 1. The Balaban J connectivity index is 1.76. The maximum Gasteiger partial charge on any atom is 0.243 e. The summed E-state index contributed by atoms with van der Waals surface area (Å²) in [6.45, 7) is 1.74. The van der Waals surface area contributed by atoms with Crippen molar-refractivity contribution in [2.24, 2.45) is 11.5 Å². The van der Waals surface area contributed by atoms with Gasteiger partial charge in [0.15, 0.2) is 0 Å². The van der Waals surface area contributed by atoms with Gasteiger partial charge in [-0.3, -0.25) is 19.2 Å². The quantitative estimate of drug-likeness (QED) is 0.149. The first-order valence-corrected chi connectivity index (χ1v) is 12.9. The fourth-order valence-corrected chi connectivity index (χ4v) is 4.37. The Bertz CT molecular complexity index is 1290. The Kier molecular flexibility index (Phi) is 10.4. The van der Waals surface area contributed by atoms with Gasteiger partial charge in [-0.05, 0) is 55.1 Å². The molecule has 0 saturated heterocycles. The molecule has 39 heavy (non-hydrogen) atoms. The molecular weight excluding hydrogens is 500 g/mol. The summed E-state index contributed by atoms with van der Waals surface area (Å²) in [5.74, 6) is -2.16. The Labute approximate surface area is 226 Å². The number of unbranched alkanes of at least 4 members (excludes halogenated alkanes) is 1. The van der Waals surface area contributed by atoms with E-state index in [1.165, 1.54) is 19.1 Å². The van der Waals surface area contributed by atoms with Crippen LogP contribution in [0.15, 0.2) is 54.7 Å². The molecular formula is C28H36N6O5. The van der Waals surface area contributed by atoms with E-state index in [0.29, 0.717) is 24.9 Å². The zero-order valence-electron chi connectivity index (χ0n) is 21.9. The van der Waals surface area contributed by atoms with Gasteiger partial charge in [0, 0.05) is 36.9 Å². The van der Waals surface area contributed by atoms with Gasteiger partial charge < -0.3 is 37.5 Å². The lowest BCUT2D eigenvalue weighted by Crippen LogP contribution is -2.57. The van der Waals surface area contributed by atoms with Gasteiger partial charge in [-0.15, -0.1) is 0 Å². The molecule has 0 bridgehead atoms. The lowest BCUT2D eigenvalue weighted by atomic mass is 10.0. The number of carbonyl (C=O) groups is 4. The zero-order chi connectivity index (χ0) is 28.4. The Morgan fingerprint density at radius 2 is 1.54 bits per heavy atom. The molecule has 208 valence electrons. The molecule has 1 heterocycles. The summed E-state index contributed by atoms with van der Waals surface area (Å²) in [6, 6.07) is 10.9. The van der Waals surface area contributed by atoms with Gasteiger partial charge in [0.25, 0.3) is 0 Å². The summed E-state index contributed by atoms with van der Waals surface area (Å²) >= 11 is 0. The van der Waals surface area contributed by atoms with Crippen LogP contribution in [0.4, 0.5) is 0 Å². The van der Waals surface area contributed by atoms with Crippen LogP contribution in [-0.4, -0.2) is 58.4 Å². The standard InChI is InChI=1S/C28H36N6O5/c1-17(35)32-25(15-19-16-31-22-7-3-2-6-21(19)22)28(39)33-23(8-4-5-13-29)27(38)34-24(26(30)37)14-18-9-11-20(36)12-10-18/h2-3,6-7,9-12,16,23-25,31,36H,4-5,8,13-15,29H2,1H3,(H2,30,37)(H,32,35)(H,33,39)(H,34,38)/t23-,24-,25-/m0/s1. The third kappa shape index (κ3) is 8.57. The number of phenols is 1. The Morgan fingerprint density at radius 3 is 2.21 bits per heavy atom. The molecule has 0 radical (unpaired) electrons. The Morgan fingerprint density at radius 1 is 0.872 bits per heavy atom. The number of H-pyrrole nitrogens is 1. The van der Waals surface area contributed by atoms with Crippen molar-refractivity contribution in [1.82, 2.24) is 20.9 Å². The largest absolute Gasteiger partial charge is 0.508 e. The first-order chi connectivity index (χ1) is 18.7. The van der Waals surface area contributed by atoms with Gasteiger partial charge in [0.05, 0.1) is 0 Å². The summed E-state index contributed by atoms with van der Waals surface area (Å²) in [6.07, 6.45) is 3.58. The molecule has 0 fully saturated rings. The molecule has 0 unspecified atom stereocenters. The van der Waals surface area contributed by atoms with E-state index < -0.39 is 35.8 Å². The van der Waals surface area contributed by atoms with Crippen molar-refractivity contribution < 1.29 is 24.3 Å². The summed E-state index contributed by atoms with van der Waals surface area (Å²) in [4.78, 5) is 53.9. The number of aromatic hydroxyl groups is 1. The second-order valence-electron chi connectivity index (χ2n) is 9.50. The average molecular weight is 537 g/mol. The van der Waals surface area contributed by atoms with Crippen LogP contribution in [0.1, 0.15) is 37.3 Å². The molecule has 0 aliphatic rings. The minimum absolute atomic E-state index is 0.0717. The van der Waals surface area contributed by atoms with Gasteiger partial charge >= 0.3 is 0 Å². The topological polar surface area (TPSA) is 192 Å². The van der Waals surface area contributed by atoms with Gasteiger partial charge in [0.2, 0.25) is 23.6 Å². The van der Waals surface area contributed by atoms with Crippen LogP contribution in [-0.2, 0) is 32.0 Å². The first-order valence-electron chi connectivity index (χ1n) is 12.9. The monoisotopic (exact) mass is 536 g/mol. The summed E-state index contributed by atoms with van der Waals surface area (Å²) in [5.41, 5.74) is 13.6. The minimum atomic E-state index is -1.03. The number of aromatic nitrogens is 1. The van der Waals surface area contributed by atoms with Crippen molar-refractivity contribution in [2.45, 2.75) is 57.2 Å². The molecule has 3 rings (SSSR count). The van der Waals surface area contributed by atoms with Crippen LogP contribution in [0.5, 0.6) is 5.75 Å². The molecule has 2 aromatic carbocycles. The van der Waals surface area contributed by atoms with Crippen LogP contribution < -0.4 is 27.4 Å². The highest BCUT2D eigenvalue weighted by Crippen LogP contribution is 2.19. The third-order valence-electron chi connectivity index (χ3n) is 6.41. The van der Waals surface area contributed by atoms with E-state index >= 15 is 0 Å². The highest BCUT2D eigenvalue weighted by Gasteiger charge is 2.29. The normalized spacial score (nSPS) is 13.3. The van der Waals surface area contributed by atoms with E-state index in [9.17, 15) is 24.3 Å². The highest BCUT2D eigenvalue weighted by molar-refractivity contribution is 5.94. The van der Waals surface area contributed by atoms with E-state index in [1.54, 1.807) is 18.3 Å². The zero-order valence-corrected chi connectivity index (χ0v) is 21.9. The van der Waals surface area contributed by atoms with Crippen molar-refractivity contribution in [1.29, 1.82) is 0 Å². The van der Waals surface area contributed by atoms with Crippen molar-refractivity contribution in [3.63, 3.8) is 0 Å². The van der Waals surface area contributed by atoms with Crippen LogP contribution in [0.25, 0.3) is 10.9 Å². The number of nitrogens with two attached hydrogens (primary N) is 2. The smallest absolute Gasteiger partial charge is 0.243 e. The molecule has 0 aliphatic carbocycles. The van der Waals surface area contributed by atoms with Crippen LogP contribution in [0.3, 0.4) is 0 Å². The molecule has 11 heteroatoms. The highest BCUT2D eigenvalue weighted by atomic mass is 16.3. The number of amides is 4. The number of benzene rings is 2. The van der Waals surface area contributed by atoms with Gasteiger partial charge in [-0.1, -0.05) is 30.3 Å². The third-order valence-corrected chi connectivity index (χ3v) is 6.41. The fourth-order valence-electron chi connectivity index (χ4n) is 4.37. The van der Waals surface area contributed by atoms with Crippen LogP contribution in [0, 0.1) is 0 Å².